The van der Waals surface area contributed by atoms with Gasteiger partial charge >= 0.3 is 0 Å². The maximum Gasteiger partial charge on any atom is 0.0352 e. The summed E-state index contributed by atoms with van der Waals surface area (Å²) in [5.41, 5.74) is 10.3. The van der Waals surface area contributed by atoms with E-state index in [2.05, 4.69) is 39.8 Å². The Balaban J connectivity index is 2.58. The first-order chi connectivity index (χ1) is 6.93. The highest BCUT2D eigenvalue weighted by molar-refractivity contribution is 5.58. The Labute approximate surface area is 92.7 Å². The number of nitrogens with two attached hydrogens (primary N) is 1. The van der Waals surface area contributed by atoms with Gasteiger partial charge in [-0.05, 0) is 40.9 Å². The van der Waals surface area contributed by atoms with Gasteiger partial charge in [-0.25, -0.2) is 0 Å². The van der Waals surface area contributed by atoms with Gasteiger partial charge in [0.1, 0.15) is 0 Å². The minimum absolute atomic E-state index is 0.291. The molecule has 0 saturated heterocycles. The van der Waals surface area contributed by atoms with Crippen molar-refractivity contribution in [2.45, 2.75) is 45.4 Å². The second kappa shape index (κ2) is 3.26. The van der Waals surface area contributed by atoms with Crippen LogP contribution in [0, 0.1) is 5.92 Å². The van der Waals surface area contributed by atoms with Crippen LogP contribution in [0.5, 0.6) is 0 Å². The van der Waals surface area contributed by atoms with Crippen LogP contribution in [-0.4, -0.2) is 0 Å². The van der Waals surface area contributed by atoms with Crippen LogP contribution in [0.2, 0.25) is 0 Å². The van der Waals surface area contributed by atoms with E-state index in [9.17, 15) is 0 Å². The van der Waals surface area contributed by atoms with Crippen molar-refractivity contribution in [2.75, 3.05) is 5.73 Å². The first kappa shape index (κ1) is 10.5. The predicted octanol–water partition coefficient (Wildman–Crippen LogP) is 3.69. The third-order valence-corrected chi connectivity index (χ3v) is 3.77. The van der Waals surface area contributed by atoms with Crippen LogP contribution in [0.3, 0.4) is 0 Å². The van der Waals surface area contributed by atoms with Crippen molar-refractivity contribution < 1.29 is 0 Å². The maximum absolute atomic E-state index is 6.12. The zero-order valence-electron chi connectivity index (χ0n) is 10.2. The van der Waals surface area contributed by atoms with Crippen molar-refractivity contribution in [1.29, 1.82) is 0 Å². The van der Waals surface area contributed by atoms with E-state index in [1.807, 2.05) is 6.07 Å². The number of anilines is 1. The second-order valence-corrected chi connectivity index (χ2v) is 5.75. The highest BCUT2D eigenvalue weighted by Gasteiger charge is 2.38. The molecule has 2 rings (SSSR count). The van der Waals surface area contributed by atoms with Crippen molar-refractivity contribution in [3.05, 3.63) is 29.3 Å². The lowest BCUT2D eigenvalue weighted by Crippen LogP contribution is -2.13. The van der Waals surface area contributed by atoms with Crippen molar-refractivity contribution in [3.63, 3.8) is 0 Å². The summed E-state index contributed by atoms with van der Waals surface area (Å²) in [7, 11) is 0. The van der Waals surface area contributed by atoms with Crippen LogP contribution < -0.4 is 5.73 Å². The molecule has 15 heavy (non-hydrogen) atoms. The molecule has 2 N–H and O–H groups in total. The quantitative estimate of drug-likeness (QED) is 0.692. The van der Waals surface area contributed by atoms with E-state index in [0.29, 0.717) is 17.3 Å². The summed E-state index contributed by atoms with van der Waals surface area (Å²) in [6.45, 7) is 9.24. The molecule has 0 heterocycles. The highest BCUT2D eigenvalue weighted by atomic mass is 14.6. The molecule has 0 amide bonds. The average molecular weight is 203 g/mol. The van der Waals surface area contributed by atoms with Gasteiger partial charge < -0.3 is 5.73 Å². The number of hydrogen-bond donors (Lipinski definition) is 1. The van der Waals surface area contributed by atoms with Crippen LogP contribution in [-0.2, 0) is 5.41 Å². The lowest BCUT2D eigenvalue weighted by atomic mass is 9.84. The Hall–Kier alpha value is -0.980. The third-order valence-electron chi connectivity index (χ3n) is 3.77. The number of benzene rings is 1. The smallest absolute Gasteiger partial charge is 0.0352 e. The van der Waals surface area contributed by atoms with Crippen molar-refractivity contribution in [3.8, 4) is 0 Å². The molecule has 0 unspecified atom stereocenters. The Kier molecular flexibility index (Phi) is 2.29. The first-order valence-corrected chi connectivity index (χ1v) is 5.82. The Morgan fingerprint density at radius 2 is 2.00 bits per heavy atom. The van der Waals surface area contributed by atoms with Crippen LogP contribution in [0.25, 0.3) is 0 Å². The van der Waals surface area contributed by atoms with Crippen molar-refractivity contribution >= 4 is 5.69 Å². The summed E-state index contributed by atoms with van der Waals surface area (Å²) in [4.78, 5) is 0. The largest absolute Gasteiger partial charge is 0.398 e. The molecule has 0 spiro atoms. The lowest BCUT2D eigenvalue weighted by Gasteiger charge is -2.20. The fourth-order valence-electron chi connectivity index (χ4n) is 2.92. The summed E-state index contributed by atoms with van der Waals surface area (Å²) < 4.78 is 0. The molecule has 1 aliphatic carbocycles. The molecule has 1 heteroatoms. The number of fused-ring (bicyclic) bond motifs is 1. The van der Waals surface area contributed by atoms with Gasteiger partial charge in [0.15, 0.2) is 0 Å². The van der Waals surface area contributed by atoms with Crippen molar-refractivity contribution in [1.82, 2.24) is 0 Å². The fraction of sp³-hybridized carbons (Fsp3) is 0.571. The van der Waals surface area contributed by atoms with Crippen molar-refractivity contribution in [2.24, 2.45) is 5.92 Å². The lowest BCUT2D eigenvalue weighted by molar-refractivity contribution is 0.409. The van der Waals surface area contributed by atoms with Crippen LogP contribution in [0.15, 0.2) is 18.2 Å². The summed E-state index contributed by atoms with van der Waals surface area (Å²) in [5, 5.41) is 0. The molecule has 1 atom stereocenters. The molecule has 0 aromatic heterocycles. The SMILES string of the molecule is CC(C)[C@@H]1CC(C)(C)c2cccc(N)c21. The van der Waals surface area contributed by atoms with Crippen LogP contribution in [0.1, 0.15) is 51.2 Å². The second-order valence-electron chi connectivity index (χ2n) is 5.75. The molecule has 1 aromatic rings. The van der Waals surface area contributed by atoms with Crippen LogP contribution in [0.4, 0.5) is 5.69 Å². The van der Waals surface area contributed by atoms with Gasteiger partial charge in [-0.2, -0.15) is 0 Å². The maximum atomic E-state index is 6.12. The highest BCUT2D eigenvalue weighted by Crippen LogP contribution is 2.50. The fourth-order valence-corrected chi connectivity index (χ4v) is 2.92. The Morgan fingerprint density at radius 1 is 1.33 bits per heavy atom. The van der Waals surface area contributed by atoms with E-state index in [0.717, 1.165) is 5.69 Å². The zero-order valence-corrected chi connectivity index (χ0v) is 10.2. The molecule has 0 fully saturated rings. The van der Waals surface area contributed by atoms with Gasteiger partial charge in [0.25, 0.3) is 0 Å². The van der Waals surface area contributed by atoms with Gasteiger partial charge in [-0.1, -0.05) is 39.8 Å². The molecule has 0 aliphatic heterocycles. The normalized spacial score (nSPS) is 23.1. The minimum Gasteiger partial charge on any atom is -0.398 e. The molecule has 1 aliphatic rings. The topological polar surface area (TPSA) is 26.0 Å². The first-order valence-electron chi connectivity index (χ1n) is 5.82. The van der Waals surface area contributed by atoms with E-state index >= 15 is 0 Å². The van der Waals surface area contributed by atoms with E-state index in [1.54, 1.807) is 0 Å². The third kappa shape index (κ3) is 1.54. The Morgan fingerprint density at radius 3 is 2.60 bits per heavy atom. The molecule has 0 saturated carbocycles. The molecule has 1 nitrogen and oxygen atoms in total. The zero-order chi connectivity index (χ0) is 11.2. The van der Waals surface area contributed by atoms with E-state index in [-0.39, 0.29) is 0 Å². The summed E-state index contributed by atoms with van der Waals surface area (Å²) in [6.07, 6.45) is 1.23. The molecule has 1 aromatic carbocycles. The number of nitrogen functional groups attached to an aromatic ring is 1. The molecule has 82 valence electrons. The number of hydrogen-bond acceptors (Lipinski definition) is 1. The molecule has 0 bridgehead atoms. The standard InChI is InChI=1S/C14H21N/c1-9(2)10-8-14(3,4)11-6-5-7-12(15)13(10)11/h5-7,9-10H,8,15H2,1-4H3/t10-/m0/s1. The van der Waals surface area contributed by atoms with Crippen LogP contribution >= 0.6 is 0 Å². The van der Waals surface area contributed by atoms with Gasteiger partial charge in [0.05, 0.1) is 0 Å². The minimum atomic E-state index is 0.291. The Bertz CT molecular complexity index is 377. The van der Waals surface area contributed by atoms with Gasteiger partial charge in [0, 0.05) is 5.69 Å². The summed E-state index contributed by atoms with van der Waals surface area (Å²) in [6, 6.07) is 6.36. The summed E-state index contributed by atoms with van der Waals surface area (Å²) >= 11 is 0. The monoisotopic (exact) mass is 203 g/mol. The van der Waals surface area contributed by atoms with Gasteiger partial charge in [-0.3, -0.25) is 0 Å². The summed E-state index contributed by atoms with van der Waals surface area (Å²) in [5.74, 6) is 1.31. The van der Waals surface area contributed by atoms with E-state index in [1.165, 1.54) is 17.5 Å². The van der Waals surface area contributed by atoms with E-state index in [4.69, 9.17) is 5.73 Å². The van der Waals surface area contributed by atoms with E-state index < -0.39 is 0 Å². The predicted molar refractivity (Wildman–Crippen MR) is 66.1 cm³/mol. The van der Waals surface area contributed by atoms with Gasteiger partial charge in [-0.15, -0.1) is 0 Å². The molecular formula is C14H21N. The molecule has 0 radical (unpaired) electrons. The molecular weight excluding hydrogens is 182 g/mol. The van der Waals surface area contributed by atoms with Gasteiger partial charge in [0.2, 0.25) is 0 Å². The number of rotatable bonds is 1. The average Bonchev–Trinajstić information content (AvgIpc) is 2.40.